The van der Waals surface area contributed by atoms with Crippen LogP contribution in [-0.2, 0) is 18.2 Å². The van der Waals surface area contributed by atoms with E-state index in [2.05, 4.69) is 35.8 Å². The molecule has 0 saturated heterocycles. The Balaban J connectivity index is 1.92. The first-order valence-electron chi connectivity index (χ1n) is 8.07. The van der Waals surface area contributed by atoms with Gasteiger partial charge in [0.05, 0.1) is 6.10 Å². The van der Waals surface area contributed by atoms with Crippen LogP contribution in [0.4, 0.5) is 0 Å². The summed E-state index contributed by atoms with van der Waals surface area (Å²) in [5.41, 5.74) is 0. The highest BCUT2D eigenvalue weighted by molar-refractivity contribution is 4.95. The molecule has 1 heterocycles. The van der Waals surface area contributed by atoms with Crippen LogP contribution in [0, 0.1) is 5.92 Å². The van der Waals surface area contributed by atoms with Crippen molar-refractivity contribution >= 4 is 0 Å². The smallest absolute Gasteiger partial charge is 0.108 e. The molecule has 114 valence electrons. The first-order chi connectivity index (χ1) is 9.76. The molecule has 0 radical (unpaired) electrons. The molecule has 1 aliphatic rings. The molecule has 0 amide bonds. The van der Waals surface area contributed by atoms with Crippen LogP contribution in [0.25, 0.3) is 0 Å². The number of hydrogen-bond donors (Lipinski definition) is 1. The van der Waals surface area contributed by atoms with Gasteiger partial charge in [0.25, 0.3) is 0 Å². The molecule has 0 spiro atoms. The average Bonchev–Trinajstić information content (AvgIpc) is 3.21. The van der Waals surface area contributed by atoms with E-state index in [1.165, 1.54) is 25.1 Å². The molecule has 20 heavy (non-hydrogen) atoms. The van der Waals surface area contributed by atoms with Crippen molar-refractivity contribution in [1.82, 2.24) is 14.9 Å². The summed E-state index contributed by atoms with van der Waals surface area (Å²) in [5, 5.41) is 3.70. The Morgan fingerprint density at radius 3 is 2.80 bits per heavy atom. The van der Waals surface area contributed by atoms with E-state index in [-0.39, 0.29) is 0 Å². The Morgan fingerprint density at radius 1 is 1.45 bits per heavy atom. The van der Waals surface area contributed by atoms with Crippen LogP contribution >= 0.6 is 0 Å². The lowest BCUT2D eigenvalue weighted by molar-refractivity contribution is 0.0169. The van der Waals surface area contributed by atoms with Gasteiger partial charge < -0.3 is 14.6 Å². The van der Waals surface area contributed by atoms with E-state index in [1.54, 1.807) is 0 Å². The van der Waals surface area contributed by atoms with Crippen molar-refractivity contribution in [1.29, 1.82) is 0 Å². The van der Waals surface area contributed by atoms with Gasteiger partial charge in [0.2, 0.25) is 0 Å². The van der Waals surface area contributed by atoms with Crippen molar-refractivity contribution in [3.8, 4) is 0 Å². The van der Waals surface area contributed by atoms with Gasteiger partial charge in [-0.3, -0.25) is 0 Å². The Hall–Kier alpha value is -0.870. The minimum atomic E-state index is 0.381. The molecule has 1 aromatic heterocycles. The van der Waals surface area contributed by atoms with Crippen molar-refractivity contribution in [2.75, 3.05) is 13.2 Å². The quantitative estimate of drug-likeness (QED) is 0.715. The third-order valence-corrected chi connectivity index (χ3v) is 4.10. The van der Waals surface area contributed by atoms with Crippen molar-refractivity contribution in [2.24, 2.45) is 13.0 Å². The zero-order valence-electron chi connectivity index (χ0n) is 13.1. The zero-order valence-corrected chi connectivity index (χ0v) is 13.1. The highest BCUT2D eigenvalue weighted by Crippen LogP contribution is 2.36. The monoisotopic (exact) mass is 279 g/mol. The van der Waals surface area contributed by atoms with Crippen molar-refractivity contribution < 1.29 is 4.74 Å². The van der Waals surface area contributed by atoms with Crippen molar-refractivity contribution in [3.05, 3.63) is 18.2 Å². The predicted molar refractivity (Wildman–Crippen MR) is 81.7 cm³/mol. The first kappa shape index (κ1) is 15.5. The molecule has 0 aliphatic heterocycles. The van der Waals surface area contributed by atoms with E-state index in [9.17, 15) is 0 Å². The van der Waals surface area contributed by atoms with Crippen LogP contribution in [0.2, 0.25) is 0 Å². The summed E-state index contributed by atoms with van der Waals surface area (Å²) in [4.78, 5) is 4.43. The van der Waals surface area contributed by atoms with Crippen LogP contribution in [-0.4, -0.2) is 34.8 Å². The van der Waals surface area contributed by atoms with E-state index in [1.807, 2.05) is 12.4 Å². The number of aryl methyl sites for hydroxylation is 2. The van der Waals surface area contributed by atoms with E-state index in [4.69, 9.17) is 4.74 Å². The summed E-state index contributed by atoms with van der Waals surface area (Å²) in [6.45, 7) is 6.20. The predicted octanol–water partition coefficient (Wildman–Crippen LogP) is 2.54. The summed E-state index contributed by atoms with van der Waals surface area (Å²) in [5.74, 6) is 1.94. The molecule has 4 heteroatoms. The third kappa shape index (κ3) is 4.32. The Bertz CT molecular complexity index is 387. The molecule has 2 atom stereocenters. The van der Waals surface area contributed by atoms with E-state index in [0.29, 0.717) is 12.1 Å². The van der Waals surface area contributed by atoms with Gasteiger partial charge in [0, 0.05) is 38.5 Å². The lowest BCUT2D eigenvalue weighted by atomic mass is 10.0. The van der Waals surface area contributed by atoms with Gasteiger partial charge in [-0.25, -0.2) is 4.98 Å². The standard InChI is InChI=1S/C16H29N3O/c1-4-10-17-14(16(20-5-2)13-6-7-13)8-9-15-18-11-12-19(15)3/h11-14,16-17H,4-10H2,1-3H3. The highest BCUT2D eigenvalue weighted by atomic mass is 16.5. The molecular formula is C16H29N3O. The van der Waals surface area contributed by atoms with Crippen LogP contribution in [0.5, 0.6) is 0 Å². The Kier molecular flexibility index (Phi) is 6.05. The molecule has 0 bridgehead atoms. The average molecular weight is 279 g/mol. The minimum absolute atomic E-state index is 0.381. The second-order valence-electron chi connectivity index (χ2n) is 5.81. The molecule has 1 aliphatic carbocycles. The maximum absolute atomic E-state index is 6.04. The van der Waals surface area contributed by atoms with Crippen LogP contribution < -0.4 is 5.32 Å². The summed E-state index contributed by atoms with van der Waals surface area (Å²) < 4.78 is 8.15. The third-order valence-electron chi connectivity index (χ3n) is 4.10. The number of hydrogen-bond acceptors (Lipinski definition) is 3. The number of imidazole rings is 1. The Morgan fingerprint density at radius 2 is 2.25 bits per heavy atom. The highest BCUT2D eigenvalue weighted by Gasteiger charge is 2.36. The number of nitrogens with zero attached hydrogens (tertiary/aromatic N) is 2. The molecule has 2 rings (SSSR count). The van der Waals surface area contributed by atoms with Gasteiger partial charge in [0.1, 0.15) is 5.82 Å². The second kappa shape index (κ2) is 7.79. The number of nitrogens with one attached hydrogen (secondary N) is 1. The van der Waals surface area contributed by atoms with Crippen molar-refractivity contribution in [2.45, 2.75) is 58.1 Å². The molecule has 4 nitrogen and oxygen atoms in total. The lowest BCUT2D eigenvalue weighted by Gasteiger charge is -2.28. The molecule has 1 fully saturated rings. The molecule has 1 N–H and O–H groups in total. The van der Waals surface area contributed by atoms with E-state index in [0.717, 1.165) is 31.9 Å². The number of aromatic nitrogens is 2. The molecule has 1 aromatic rings. The topological polar surface area (TPSA) is 39.1 Å². The van der Waals surface area contributed by atoms with Crippen LogP contribution in [0.15, 0.2) is 12.4 Å². The van der Waals surface area contributed by atoms with Gasteiger partial charge in [-0.15, -0.1) is 0 Å². The van der Waals surface area contributed by atoms with Crippen LogP contribution in [0.1, 0.15) is 45.4 Å². The van der Waals surface area contributed by atoms with Gasteiger partial charge in [-0.1, -0.05) is 6.92 Å². The second-order valence-corrected chi connectivity index (χ2v) is 5.81. The maximum Gasteiger partial charge on any atom is 0.108 e. The van der Waals surface area contributed by atoms with Gasteiger partial charge >= 0.3 is 0 Å². The maximum atomic E-state index is 6.04. The number of rotatable bonds is 10. The SMILES string of the molecule is CCCNC(CCc1nccn1C)C(OCC)C1CC1. The molecule has 0 aromatic carbocycles. The summed E-state index contributed by atoms with van der Waals surface area (Å²) in [6, 6.07) is 0.458. The summed E-state index contributed by atoms with van der Waals surface area (Å²) in [7, 11) is 2.07. The summed E-state index contributed by atoms with van der Waals surface area (Å²) in [6.07, 6.45) is 10.2. The first-order valence-corrected chi connectivity index (χ1v) is 8.07. The Labute approximate surface area is 122 Å². The van der Waals surface area contributed by atoms with Gasteiger partial charge in [0.15, 0.2) is 0 Å². The number of ether oxygens (including phenoxy) is 1. The van der Waals surface area contributed by atoms with Gasteiger partial charge in [-0.05, 0) is 45.1 Å². The normalized spacial score (nSPS) is 18.1. The zero-order chi connectivity index (χ0) is 14.4. The fraction of sp³-hybridized carbons (Fsp3) is 0.812. The fourth-order valence-electron chi connectivity index (χ4n) is 2.83. The largest absolute Gasteiger partial charge is 0.377 e. The van der Waals surface area contributed by atoms with Crippen LogP contribution in [0.3, 0.4) is 0 Å². The minimum Gasteiger partial charge on any atom is -0.377 e. The van der Waals surface area contributed by atoms with E-state index >= 15 is 0 Å². The summed E-state index contributed by atoms with van der Waals surface area (Å²) >= 11 is 0. The van der Waals surface area contributed by atoms with E-state index < -0.39 is 0 Å². The fourth-order valence-corrected chi connectivity index (χ4v) is 2.83. The lowest BCUT2D eigenvalue weighted by Crippen LogP contribution is -2.43. The molecular weight excluding hydrogens is 250 g/mol. The molecule has 2 unspecified atom stereocenters. The van der Waals surface area contributed by atoms with Crippen molar-refractivity contribution in [3.63, 3.8) is 0 Å². The van der Waals surface area contributed by atoms with Gasteiger partial charge in [-0.2, -0.15) is 0 Å². The molecule has 1 saturated carbocycles.